The van der Waals surface area contributed by atoms with Crippen LogP contribution in [0.3, 0.4) is 0 Å². The number of allylic oxidation sites excluding steroid dienone is 1. The van der Waals surface area contributed by atoms with E-state index in [1.54, 1.807) is 6.26 Å². The summed E-state index contributed by atoms with van der Waals surface area (Å²) in [6, 6.07) is 0. The van der Waals surface area contributed by atoms with Gasteiger partial charge in [-0.25, -0.2) is 8.42 Å². The molecule has 1 aliphatic rings. The molecule has 1 unspecified atom stereocenters. The summed E-state index contributed by atoms with van der Waals surface area (Å²) in [6.45, 7) is 4.19. The number of hydrogen-bond donors (Lipinski definition) is 0. The van der Waals surface area contributed by atoms with Gasteiger partial charge in [0.1, 0.15) is 6.61 Å². The van der Waals surface area contributed by atoms with Crippen molar-refractivity contribution in [3.05, 3.63) is 11.8 Å². The lowest BCUT2D eigenvalue weighted by Crippen LogP contribution is -2.29. The summed E-state index contributed by atoms with van der Waals surface area (Å²) >= 11 is 0. The first kappa shape index (κ1) is 13.6. The zero-order chi connectivity index (χ0) is 12.0. The van der Waals surface area contributed by atoms with Crippen molar-refractivity contribution >= 4 is 9.84 Å². The van der Waals surface area contributed by atoms with Crippen LogP contribution in [0.25, 0.3) is 0 Å². The summed E-state index contributed by atoms with van der Waals surface area (Å²) in [5, 5.41) is -0.302. The Bertz CT molecular complexity index is 326. The second-order valence-electron chi connectivity index (χ2n) is 4.72. The number of hydrogen-bond acceptors (Lipinski definition) is 3. The molecule has 0 aliphatic carbocycles. The van der Waals surface area contributed by atoms with E-state index < -0.39 is 9.84 Å². The first-order valence-corrected chi connectivity index (χ1v) is 7.70. The summed E-state index contributed by atoms with van der Waals surface area (Å²) in [5.41, 5.74) is 1.06. The van der Waals surface area contributed by atoms with Gasteiger partial charge in [-0.15, -0.1) is 0 Å². The topological polar surface area (TPSA) is 43.4 Å². The highest BCUT2D eigenvalue weighted by atomic mass is 32.2. The van der Waals surface area contributed by atoms with Gasteiger partial charge in [-0.05, 0) is 32.3 Å². The highest BCUT2D eigenvalue weighted by Crippen LogP contribution is 2.19. The number of ether oxygens (including phenoxy) is 1. The van der Waals surface area contributed by atoms with Crippen LogP contribution in [-0.2, 0) is 14.6 Å². The van der Waals surface area contributed by atoms with Crippen LogP contribution < -0.4 is 0 Å². The maximum absolute atomic E-state index is 11.9. The van der Waals surface area contributed by atoms with E-state index in [4.69, 9.17) is 4.74 Å². The van der Waals surface area contributed by atoms with Gasteiger partial charge in [0.05, 0.1) is 17.3 Å². The minimum atomic E-state index is -2.94. The molecule has 1 aliphatic heterocycles. The average Bonchev–Trinajstić information content (AvgIpc) is 2.17. The van der Waals surface area contributed by atoms with E-state index >= 15 is 0 Å². The lowest BCUT2D eigenvalue weighted by molar-refractivity contribution is 0.238. The molecule has 1 atom stereocenters. The molecule has 1 fully saturated rings. The fraction of sp³-hybridized carbons (Fsp3) is 0.833. The molecule has 16 heavy (non-hydrogen) atoms. The van der Waals surface area contributed by atoms with E-state index in [-0.39, 0.29) is 5.25 Å². The van der Waals surface area contributed by atoms with Crippen LogP contribution in [0.5, 0.6) is 0 Å². The average molecular weight is 246 g/mol. The molecule has 0 aromatic heterocycles. The second-order valence-corrected chi connectivity index (χ2v) is 7.12. The zero-order valence-electron chi connectivity index (χ0n) is 10.2. The van der Waals surface area contributed by atoms with Crippen molar-refractivity contribution in [2.45, 2.75) is 51.2 Å². The van der Waals surface area contributed by atoms with Gasteiger partial charge in [0, 0.05) is 0 Å². The van der Waals surface area contributed by atoms with Crippen molar-refractivity contribution in [1.82, 2.24) is 0 Å². The Morgan fingerprint density at radius 1 is 1.25 bits per heavy atom. The molecule has 0 aromatic rings. The summed E-state index contributed by atoms with van der Waals surface area (Å²) in [6.07, 6.45) is 6.40. The van der Waals surface area contributed by atoms with Crippen molar-refractivity contribution in [3.63, 3.8) is 0 Å². The van der Waals surface area contributed by atoms with E-state index in [1.807, 2.05) is 13.8 Å². The molecule has 94 valence electrons. The van der Waals surface area contributed by atoms with Gasteiger partial charge in [-0.2, -0.15) is 0 Å². The highest BCUT2D eigenvalue weighted by molar-refractivity contribution is 7.92. The molecule has 3 nitrogen and oxygen atoms in total. The van der Waals surface area contributed by atoms with Crippen LogP contribution in [0, 0.1) is 0 Å². The normalized spacial score (nSPS) is 25.2. The molecule has 0 saturated carbocycles. The maximum atomic E-state index is 11.9. The molecule has 0 amide bonds. The summed E-state index contributed by atoms with van der Waals surface area (Å²) < 4.78 is 29.2. The third kappa shape index (κ3) is 4.56. The van der Waals surface area contributed by atoms with Crippen molar-refractivity contribution in [2.24, 2.45) is 0 Å². The molecular weight excluding hydrogens is 224 g/mol. The first-order valence-electron chi connectivity index (χ1n) is 5.99. The largest absolute Gasteiger partial charge is 0.500 e. The van der Waals surface area contributed by atoms with Crippen molar-refractivity contribution in [3.8, 4) is 0 Å². The van der Waals surface area contributed by atoms with Gasteiger partial charge in [-0.1, -0.05) is 19.3 Å². The van der Waals surface area contributed by atoms with Crippen LogP contribution in [0.4, 0.5) is 0 Å². The molecule has 0 bridgehead atoms. The predicted octanol–water partition coefficient (Wildman–Crippen LogP) is 2.67. The van der Waals surface area contributed by atoms with Crippen LogP contribution >= 0.6 is 0 Å². The van der Waals surface area contributed by atoms with Gasteiger partial charge >= 0.3 is 0 Å². The molecule has 1 rings (SSSR count). The van der Waals surface area contributed by atoms with Gasteiger partial charge in [0.15, 0.2) is 9.84 Å². The summed E-state index contributed by atoms with van der Waals surface area (Å²) in [7, 11) is -2.94. The number of sulfone groups is 1. The molecule has 0 spiro atoms. The standard InChI is InChI=1S/C12H22O3S/c1-11(2)9-15-10-12-7-5-3-4-6-8-16(12,13)14/h9,12H,3-8,10H2,1-2H3. The Labute approximate surface area is 98.8 Å². The van der Waals surface area contributed by atoms with Crippen LogP contribution in [0.1, 0.15) is 46.0 Å². The zero-order valence-corrected chi connectivity index (χ0v) is 11.1. The van der Waals surface area contributed by atoms with Gasteiger partial charge in [0.2, 0.25) is 0 Å². The SMILES string of the molecule is CC(C)=COCC1CCCCCCS1(=O)=O. The molecule has 1 saturated heterocycles. The van der Waals surface area contributed by atoms with Crippen molar-refractivity contribution in [1.29, 1.82) is 0 Å². The minimum absolute atomic E-state index is 0.302. The van der Waals surface area contributed by atoms with Gasteiger partial charge in [-0.3, -0.25) is 0 Å². The van der Waals surface area contributed by atoms with E-state index in [9.17, 15) is 8.42 Å². The lowest BCUT2D eigenvalue weighted by Gasteiger charge is -2.19. The first-order chi connectivity index (χ1) is 7.52. The molecular formula is C12H22O3S. The molecule has 0 N–H and O–H groups in total. The van der Waals surface area contributed by atoms with Crippen molar-refractivity contribution < 1.29 is 13.2 Å². The second kappa shape index (κ2) is 6.28. The molecule has 4 heteroatoms. The Kier molecular flexibility index (Phi) is 5.32. The van der Waals surface area contributed by atoms with E-state index in [0.29, 0.717) is 12.4 Å². The fourth-order valence-electron chi connectivity index (χ4n) is 1.88. The fourth-order valence-corrected chi connectivity index (χ4v) is 3.64. The third-order valence-corrected chi connectivity index (χ3v) is 5.06. The molecule has 0 radical (unpaired) electrons. The van der Waals surface area contributed by atoms with Crippen LogP contribution in [-0.4, -0.2) is 26.0 Å². The Balaban J connectivity index is 2.55. The van der Waals surface area contributed by atoms with Gasteiger partial charge in [0.25, 0.3) is 0 Å². The van der Waals surface area contributed by atoms with Crippen LogP contribution in [0.15, 0.2) is 11.8 Å². The minimum Gasteiger partial charge on any atom is -0.500 e. The predicted molar refractivity (Wildman–Crippen MR) is 66.0 cm³/mol. The molecule has 1 heterocycles. The lowest BCUT2D eigenvalue weighted by atomic mass is 10.1. The monoisotopic (exact) mass is 246 g/mol. The van der Waals surface area contributed by atoms with E-state index in [1.165, 1.54) is 0 Å². The summed E-state index contributed by atoms with van der Waals surface area (Å²) in [5.74, 6) is 0.329. The smallest absolute Gasteiger partial charge is 0.156 e. The van der Waals surface area contributed by atoms with Gasteiger partial charge < -0.3 is 4.74 Å². The number of rotatable bonds is 3. The Morgan fingerprint density at radius 2 is 1.94 bits per heavy atom. The Morgan fingerprint density at radius 3 is 2.62 bits per heavy atom. The third-order valence-electron chi connectivity index (χ3n) is 2.81. The molecule has 0 aromatic carbocycles. The quantitative estimate of drug-likeness (QED) is 0.719. The Hall–Kier alpha value is -0.510. The van der Waals surface area contributed by atoms with E-state index in [0.717, 1.165) is 37.7 Å². The maximum Gasteiger partial charge on any atom is 0.156 e. The highest BCUT2D eigenvalue weighted by Gasteiger charge is 2.26. The van der Waals surface area contributed by atoms with Crippen molar-refractivity contribution in [2.75, 3.05) is 12.4 Å². The van der Waals surface area contributed by atoms with Crippen LogP contribution in [0.2, 0.25) is 0 Å². The van der Waals surface area contributed by atoms with E-state index in [2.05, 4.69) is 0 Å². The summed E-state index contributed by atoms with van der Waals surface area (Å²) in [4.78, 5) is 0.